The lowest BCUT2D eigenvalue weighted by Gasteiger charge is -2.12. The Hall–Kier alpha value is -4.57. The van der Waals surface area contributed by atoms with Crippen LogP contribution in [0.3, 0.4) is 0 Å². The van der Waals surface area contributed by atoms with Gasteiger partial charge >= 0.3 is 0 Å². The molecule has 5 rings (SSSR count). The SMILES string of the molecule is O=C(NNC(=O)c1cccc(OCC2CCCO2)c1)c1ccc(Cn2nnc(-c3ccccc3)n2)cc1. The van der Waals surface area contributed by atoms with Crippen molar-refractivity contribution in [1.82, 2.24) is 31.1 Å². The quantitative estimate of drug-likeness (QED) is 0.358. The zero-order valence-electron chi connectivity index (χ0n) is 20.0. The third kappa shape index (κ3) is 6.36. The summed E-state index contributed by atoms with van der Waals surface area (Å²) >= 11 is 0. The van der Waals surface area contributed by atoms with Gasteiger partial charge in [-0.3, -0.25) is 20.4 Å². The number of hydrogen-bond acceptors (Lipinski definition) is 7. The van der Waals surface area contributed by atoms with Crippen molar-refractivity contribution in [3.05, 3.63) is 95.6 Å². The first-order valence-electron chi connectivity index (χ1n) is 12.0. The van der Waals surface area contributed by atoms with Crippen molar-refractivity contribution < 1.29 is 19.1 Å². The van der Waals surface area contributed by atoms with Crippen LogP contribution in [-0.4, -0.2) is 51.3 Å². The number of nitrogens with zero attached hydrogens (tertiary/aromatic N) is 4. The molecule has 2 N–H and O–H groups in total. The van der Waals surface area contributed by atoms with Crippen LogP contribution in [0.4, 0.5) is 0 Å². The van der Waals surface area contributed by atoms with Crippen LogP contribution in [0.25, 0.3) is 11.4 Å². The molecule has 1 atom stereocenters. The Morgan fingerprint density at radius 1 is 0.946 bits per heavy atom. The highest BCUT2D eigenvalue weighted by Gasteiger charge is 2.16. The van der Waals surface area contributed by atoms with Gasteiger partial charge in [0, 0.05) is 23.3 Å². The van der Waals surface area contributed by atoms with Crippen molar-refractivity contribution >= 4 is 11.8 Å². The van der Waals surface area contributed by atoms with Gasteiger partial charge in [-0.15, -0.1) is 10.2 Å². The number of hydrazine groups is 1. The molecule has 1 aliphatic rings. The van der Waals surface area contributed by atoms with E-state index < -0.39 is 11.8 Å². The Balaban J connectivity index is 1.12. The minimum atomic E-state index is -0.445. The summed E-state index contributed by atoms with van der Waals surface area (Å²) in [6.07, 6.45) is 2.09. The first-order chi connectivity index (χ1) is 18.1. The van der Waals surface area contributed by atoms with E-state index in [0.717, 1.165) is 30.6 Å². The van der Waals surface area contributed by atoms with Gasteiger partial charge in [0.15, 0.2) is 0 Å². The number of benzene rings is 3. The molecule has 1 fully saturated rings. The summed E-state index contributed by atoms with van der Waals surface area (Å²) in [6, 6.07) is 23.3. The Bertz CT molecular complexity index is 1350. The number of nitrogens with one attached hydrogen (secondary N) is 2. The zero-order chi connectivity index (χ0) is 25.5. The summed E-state index contributed by atoms with van der Waals surface area (Å²) in [5.41, 5.74) is 7.45. The van der Waals surface area contributed by atoms with Crippen LogP contribution < -0.4 is 15.6 Å². The van der Waals surface area contributed by atoms with Crippen molar-refractivity contribution in [1.29, 1.82) is 0 Å². The molecule has 188 valence electrons. The second-order valence-electron chi connectivity index (χ2n) is 8.59. The van der Waals surface area contributed by atoms with Crippen LogP contribution >= 0.6 is 0 Å². The molecule has 37 heavy (non-hydrogen) atoms. The van der Waals surface area contributed by atoms with Crippen LogP contribution in [-0.2, 0) is 11.3 Å². The fraction of sp³-hybridized carbons (Fsp3) is 0.222. The summed E-state index contributed by atoms with van der Waals surface area (Å²) in [5, 5.41) is 12.6. The van der Waals surface area contributed by atoms with Crippen LogP contribution in [0.2, 0.25) is 0 Å². The second kappa shape index (κ2) is 11.4. The third-order valence-electron chi connectivity index (χ3n) is 5.87. The van der Waals surface area contributed by atoms with Crippen molar-refractivity contribution in [2.24, 2.45) is 0 Å². The number of aromatic nitrogens is 4. The lowest BCUT2D eigenvalue weighted by molar-refractivity contribution is 0.0679. The zero-order valence-corrected chi connectivity index (χ0v) is 20.0. The number of amides is 2. The Kier molecular flexibility index (Phi) is 7.47. The Morgan fingerprint density at radius 2 is 1.73 bits per heavy atom. The minimum Gasteiger partial charge on any atom is -0.491 e. The largest absolute Gasteiger partial charge is 0.491 e. The number of ether oxygens (including phenoxy) is 2. The lowest BCUT2D eigenvalue weighted by Crippen LogP contribution is -2.41. The summed E-state index contributed by atoms with van der Waals surface area (Å²) < 4.78 is 11.3. The van der Waals surface area contributed by atoms with Gasteiger partial charge in [0.2, 0.25) is 5.82 Å². The molecule has 0 radical (unpaired) electrons. The van der Waals surface area contributed by atoms with Gasteiger partial charge in [0.25, 0.3) is 11.8 Å². The number of carbonyl (C=O) groups excluding carboxylic acids is 2. The maximum Gasteiger partial charge on any atom is 0.269 e. The third-order valence-corrected chi connectivity index (χ3v) is 5.87. The summed E-state index contributed by atoms with van der Waals surface area (Å²) in [7, 11) is 0. The van der Waals surface area contributed by atoms with Gasteiger partial charge in [0.1, 0.15) is 12.4 Å². The smallest absolute Gasteiger partial charge is 0.269 e. The second-order valence-corrected chi connectivity index (χ2v) is 8.59. The van der Waals surface area contributed by atoms with Crippen molar-refractivity contribution in [3.8, 4) is 17.1 Å². The molecule has 2 heterocycles. The molecule has 0 saturated carbocycles. The van der Waals surface area contributed by atoms with Crippen LogP contribution in [0.15, 0.2) is 78.9 Å². The maximum absolute atomic E-state index is 12.5. The summed E-state index contributed by atoms with van der Waals surface area (Å²) in [5.74, 6) is 0.241. The molecule has 0 spiro atoms. The monoisotopic (exact) mass is 498 g/mol. The molecular weight excluding hydrogens is 472 g/mol. The summed E-state index contributed by atoms with van der Waals surface area (Å²) in [4.78, 5) is 26.5. The van der Waals surface area contributed by atoms with Crippen molar-refractivity contribution in [2.75, 3.05) is 13.2 Å². The van der Waals surface area contributed by atoms with E-state index in [2.05, 4.69) is 26.3 Å². The van der Waals surface area contributed by atoms with Gasteiger partial charge in [-0.05, 0) is 54.0 Å². The molecule has 4 aromatic rings. The fourth-order valence-corrected chi connectivity index (χ4v) is 3.89. The van der Waals surface area contributed by atoms with E-state index in [4.69, 9.17) is 9.47 Å². The Labute approximate surface area is 213 Å². The fourth-order valence-electron chi connectivity index (χ4n) is 3.89. The summed E-state index contributed by atoms with van der Waals surface area (Å²) in [6.45, 7) is 1.61. The minimum absolute atomic E-state index is 0.0855. The molecule has 1 aliphatic heterocycles. The molecule has 1 saturated heterocycles. The predicted octanol–water partition coefficient (Wildman–Crippen LogP) is 3.02. The lowest BCUT2D eigenvalue weighted by atomic mass is 10.1. The number of hydrogen-bond donors (Lipinski definition) is 2. The highest BCUT2D eigenvalue weighted by Crippen LogP contribution is 2.17. The number of rotatable bonds is 8. The number of carbonyl (C=O) groups is 2. The van der Waals surface area contributed by atoms with Gasteiger partial charge in [-0.2, -0.15) is 4.80 Å². The van der Waals surface area contributed by atoms with E-state index in [9.17, 15) is 9.59 Å². The van der Waals surface area contributed by atoms with Crippen LogP contribution in [0, 0.1) is 0 Å². The molecule has 1 aromatic heterocycles. The van der Waals surface area contributed by atoms with Crippen LogP contribution in [0.5, 0.6) is 5.75 Å². The molecule has 0 bridgehead atoms. The average Bonchev–Trinajstić information content (AvgIpc) is 3.64. The van der Waals surface area contributed by atoms with Crippen molar-refractivity contribution in [2.45, 2.75) is 25.5 Å². The first-order valence-corrected chi connectivity index (χ1v) is 12.0. The molecule has 0 aliphatic carbocycles. The highest BCUT2D eigenvalue weighted by molar-refractivity contribution is 5.99. The van der Waals surface area contributed by atoms with Gasteiger partial charge in [-0.25, -0.2) is 0 Å². The van der Waals surface area contributed by atoms with Gasteiger partial charge in [0.05, 0.1) is 12.6 Å². The molecule has 2 amide bonds. The molecule has 10 heteroatoms. The van der Waals surface area contributed by atoms with E-state index in [1.165, 1.54) is 4.80 Å². The highest BCUT2D eigenvalue weighted by atomic mass is 16.5. The average molecular weight is 499 g/mol. The van der Waals surface area contributed by atoms with E-state index in [1.807, 2.05) is 30.3 Å². The standard InChI is InChI=1S/C27H26N6O4/c34-26(29-30-27(35)22-8-4-9-23(16-22)37-18-24-10-5-15-36-24)21-13-11-19(12-14-21)17-33-31-25(28-32-33)20-6-2-1-3-7-20/h1-4,6-9,11-14,16,24H,5,10,15,17-18H2,(H,29,34)(H,30,35). The maximum atomic E-state index is 12.5. The molecule has 10 nitrogen and oxygen atoms in total. The Morgan fingerprint density at radius 3 is 2.49 bits per heavy atom. The van der Waals surface area contributed by atoms with E-state index in [1.54, 1.807) is 48.5 Å². The van der Waals surface area contributed by atoms with Gasteiger partial charge < -0.3 is 9.47 Å². The topological polar surface area (TPSA) is 120 Å². The normalized spacial score (nSPS) is 14.8. The van der Waals surface area contributed by atoms with Crippen molar-refractivity contribution in [3.63, 3.8) is 0 Å². The van der Waals surface area contributed by atoms with Crippen LogP contribution in [0.1, 0.15) is 39.1 Å². The van der Waals surface area contributed by atoms with Gasteiger partial charge in [-0.1, -0.05) is 48.5 Å². The van der Waals surface area contributed by atoms with E-state index in [0.29, 0.717) is 35.9 Å². The van der Waals surface area contributed by atoms with E-state index in [-0.39, 0.29) is 6.10 Å². The first kappa shape index (κ1) is 24.1. The van der Waals surface area contributed by atoms with E-state index >= 15 is 0 Å². The number of tetrazole rings is 1. The molecule has 3 aromatic carbocycles. The predicted molar refractivity (Wildman–Crippen MR) is 135 cm³/mol. The molecule has 1 unspecified atom stereocenters. The molecular formula is C27H26N6O4.